The molecule has 1 aliphatic carbocycles. The first kappa shape index (κ1) is 22.1. The quantitative estimate of drug-likeness (QED) is 0.713. The molecule has 1 heterocycles. The van der Waals surface area contributed by atoms with E-state index in [1.807, 2.05) is 20.2 Å². The largest absolute Gasteiger partial charge is 0.493 e. The van der Waals surface area contributed by atoms with Crippen molar-refractivity contribution in [2.45, 2.75) is 32.6 Å². The van der Waals surface area contributed by atoms with Crippen LogP contribution in [-0.4, -0.2) is 41.2 Å². The number of nitrogens with zero attached hydrogens (tertiary/aromatic N) is 1. The Morgan fingerprint density at radius 3 is 2.19 bits per heavy atom. The fourth-order valence-electron chi connectivity index (χ4n) is 4.95. The van der Waals surface area contributed by atoms with E-state index in [4.69, 9.17) is 14.2 Å². The van der Waals surface area contributed by atoms with Gasteiger partial charge in [-0.2, -0.15) is 0 Å². The zero-order valence-electron chi connectivity index (χ0n) is 20.0. The summed E-state index contributed by atoms with van der Waals surface area (Å²) in [5.74, 6) is 1.62. The number of methoxy groups -OCH3 is 3. The molecule has 170 valence electrons. The van der Waals surface area contributed by atoms with Crippen molar-refractivity contribution < 1.29 is 19.0 Å². The summed E-state index contributed by atoms with van der Waals surface area (Å²) < 4.78 is 17.1. The lowest BCUT2D eigenvalue weighted by Gasteiger charge is -2.40. The number of hydrogen-bond donors (Lipinski definition) is 1. The second kappa shape index (κ2) is 8.08. The number of ketones is 1. The highest BCUT2D eigenvalue weighted by Gasteiger charge is 2.43. The van der Waals surface area contributed by atoms with Crippen LogP contribution >= 0.6 is 0 Å². The van der Waals surface area contributed by atoms with Crippen LogP contribution in [0, 0.1) is 5.41 Å². The zero-order valence-corrected chi connectivity index (χ0v) is 20.0. The van der Waals surface area contributed by atoms with Gasteiger partial charge in [0, 0.05) is 55.0 Å². The average molecular weight is 437 g/mol. The second-order valence-corrected chi connectivity index (χ2v) is 9.48. The van der Waals surface area contributed by atoms with Crippen LogP contribution in [0.3, 0.4) is 0 Å². The third-order valence-corrected chi connectivity index (χ3v) is 6.39. The van der Waals surface area contributed by atoms with Gasteiger partial charge in [-0.3, -0.25) is 4.79 Å². The Morgan fingerprint density at radius 1 is 0.969 bits per heavy atom. The molecule has 0 radical (unpaired) electrons. The summed E-state index contributed by atoms with van der Waals surface area (Å²) in [5.41, 5.74) is 5.63. The molecule has 1 N–H and O–H groups in total. The third kappa shape index (κ3) is 3.57. The summed E-state index contributed by atoms with van der Waals surface area (Å²) >= 11 is 0. The molecule has 6 heteroatoms. The smallest absolute Gasteiger partial charge is 0.203 e. The van der Waals surface area contributed by atoms with E-state index in [9.17, 15) is 4.79 Å². The lowest BCUT2D eigenvalue weighted by Crippen LogP contribution is -2.34. The van der Waals surface area contributed by atoms with Gasteiger partial charge < -0.3 is 24.4 Å². The van der Waals surface area contributed by atoms with E-state index >= 15 is 0 Å². The summed E-state index contributed by atoms with van der Waals surface area (Å²) in [5, 5.41) is 3.55. The maximum Gasteiger partial charge on any atom is 0.203 e. The number of anilines is 2. The molecule has 0 saturated carbocycles. The highest BCUT2D eigenvalue weighted by atomic mass is 16.5. The maximum atomic E-state index is 13.5. The molecular formula is C26H32N2O4. The molecule has 1 atom stereocenters. The minimum atomic E-state index is -0.254. The number of Topliss-reactive ketones (excluding diaryl/α,β-unsaturated/α-hetero) is 1. The van der Waals surface area contributed by atoms with E-state index in [1.165, 1.54) is 0 Å². The lowest BCUT2D eigenvalue weighted by atomic mass is 9.68. The van der Waals surface area contributed by atoms with E-state index in [2.05, 4.69) is 48.3 Å². The van der Waals surface area contributed by atoms with Crippen molar-refractivity contribution in [2.24, 2.45) is 5.41 Å². The number of hydrogen-bond acceptors (Lipinski definition) is 6. The van der Waals surface area contributed by atoms with Gasteiger partial charge in [-0.25, -0.2) is 0 Å². The Hall–Kier alpha value is -3.15. The van der Waals surface area contributed by atoms with E-state index in [0.29, 0.717) is 23.7 Å². The zero-order chi connectivity index (χ0) is 23.2. The highest BCUT2D eigenvalue weighted by Crippen LogP contribution is 2.56. The molecule has 2 aromatic rings. The van der Waals surface area contributed by atoms with Gasteiger partial charge in [0.25, 0.3) is 0 Å². The maximum absolute atomic E-state index is 13.5. The molecule has 4 rings (SSSR count). The van der Waals surface area contributed by atoms with Gasteiger partial charge in [0.15, 0.2) is 17.3 Å². The van der Waals surface area contributed by atoms with Crippen molar-refractivity contribution in [3.05, 3.63) is 52.7 Å². The van der Waals surface area contributed by atoms with Crippen molar-refractivity contribution in [3.63, 3.8) is 0 Å². The molecular weight excluding hydrogens is 404 g/mol. The Morgan fingerprint density at radius 2 is 1.62 bits per heavy atom. The van der Waals surface area contributed by atoms with Gasteiger partial charge in [0.05, 0.1) is 27.0 Å². The third-order valence-electron chi connectivity index (χ3n) is 6.39. The number of benzene rings is 2. The topological polar surface area (TPSA) is 60.0 Å². The van der Waals surface area contributed by atoms with Gasteiger partial charge in [-0.1, -0.05) is 26.0 Å². The second-order valence-electron chi connectivity index (χ2n) is 9.48. The molecule has 2 aliphatic rings. The highest BCUT2D eigenvalue weighted by molar-refractivity contribution is 6.02. The first-order valence-corrected chi connectivity index (χ1v) is 10.8. The van der Waals surface area contributed by atoms with Crippen LogP contribution in [-0.2, 0) is 4.79 Å². The lowest BCUT2D eigenvalue weighted by molar-refractivity contribution is -0.118. The molecule has 0 spiro atoms. The van der Waals surface area contributed by atoms with Crippen molar-refractivity contribution >= 4 is 17.2 Å². The monoisotopic (exact) mass is 436 g/mol. The summed E-state index contributed by atoms with van der Waals surface area (Å²) in [7, 11) is 8.87. The SMILES string of the molecule is COc1cc2c(c(OC)c1OC)C(c1ccc(N(C)C)cc1)C1=C(CC(C)(C)CC1=O)N2. The van der Waals surface area contributed by atoms with Gasteiger partial charge in [0.2, 0.25) is 5.75 Å². The minimum Gasteiger partial charge on any atom is -0.493 e. The minimum absolute atomic E-state index is 0.0968. The van der Waals surface area contributed by atoms with Crippen LogP contribution < -0.4 is 24.4 Å². The van der Waals surface area contributed by atoms with Crippen molar-refractivity contribution in [2.75, 3.05) is 45.6 Å². The Bertz CT molecular complexity index is 1080. The summed E-state index contributed by atoms with van der Waals surface area (Å²) in [6, 6.07) is 10.3. The van der Waals surface area contributed by atoms with Gasteiger partial charge in [-0.05, 0) is 29.5 Å². The normalized spacial score (nSPS) is 19.0. The molecule has 1 unspecified atom stereocenters. The number of rotatable bonds is 5. The van der Waals surface area contributed by atoms with Crippen LogP contribution in [0.25, 0.3) is 0 Å². The average Bonchev–Trinajstić information content (AvgIpc) is 2.75. The predicted octanol–water partition coefficient (Wildman–Crippen LogP) is 4.98. The van der Waals surface area contributed by atoms with Gasteiger partial charge in [-0.15, -0.1) is 0 Å². The van der Waals surface area contributed by atoms with Crippen LogP contribution in [0.5, 0.6) is 17.2 Å². The fraction of sp³-hybridized carbons (Fsp3) is 0.423. The van der Waals surface area contributed by atoms with Crippen LogP contribution in [0.1, 0.15) is 43.7 Å². The first-order chi connectivity index (χ1) is 15.2. The first-order valence-electron chi connectivity index (χ1n) is 10.8. The molecule has 1 aliphatic heterocycles. The molecule has 2 aromatic carbocycles. The summed E-state index contributed by atoms with van der Waals surface area (Å²) in [4.78, 5) is 15.6. The fourth-order valence-corrected chi connectivity index (χ4v) is 4.95. The molecule has 6 nitrogen and oxygen atoms in total. The standard InChI is InChI=1S/C26H32N2O4/c1-26(2)13-18-22(19(29)14-26)21(15-8-10-16(11-9-15)28(3)4)23-17(27-18)12-20(30-5)24(31-6)25(23)32-7/h8-12,21,27H,13-14H2,1-7H3. The Balaban J connectivity index is 2.00. The number of carbonyl (C=O) groups is 1. The number of allylic oxidation sites excluding steroid dienone is 2. The van der Waals surface area contributed by atoms with Crippen molar-refractivity contribution in [1.29, 1.82) is 0 Å². The molecule has 0 amide bonds. The molecule has 0 aromatic heterocycles. The van der Waals surface area contributed by atoms with Gasteiger partial charge in [0.1, 0.15) is 0 Å². The number of carbonyl (C=O) groups excluding carboxylic acids is 1. The van der Waals surface area contributed by atoms with E-state index in [1.54, 1.807) is 21.3 Å². The predicted molar refractivity (Wildman–Crippen MR) is 127 cm³/mol. The number of ether oxygens (including phenoxy) is 3. The summed E-state index contributed by atoms with van der Waals surface area (Å²) in [6.45, 7) is 4.28. The molecule has 0 saturated heterocycles. The number of fused-ring (bicyclic) bond motifs is 1. The van der Waals surface area contributed by atoms with Crippen LogP contribution in [0.4, 0.5) is 11.4 Å². The number of nitrogens with one attached hydrogen (secondary N) is 1. The van der Waals surface area contributed by atoms with Gasteiger partial charge >= 0.3 is 0 Å². The molecule has 0 bridgehead atoms. The Kier molecular flexibility index (Phi) is 5.57. The van der Waals surface area contributed by atoms with Crippen LogP contribution in [0.2, 0.25) is 0 Å². The van der Waals surface area contributed by atoms with E-state index in [0.717, 1.165) is 40.2 Å². The van der Waals surface area contributed by atoms with Crippen molar-refractivity contribution in [1.82, 2.24) is 0 Å². The summed E-state index contributed by atoms with van der Waals surface area (Å²) in [6.07, 6.45) is 1.32. The van der Waals surface area contributed by atoms with Crippen LogP contribution in [0.15, 0.2) is 41.6 Å². The van der Waals surface area contributed by atoms with E-state index < -0.39 is 0 Å². The molecule has 0 fully saturated rings. The van der Waals surface area contributed by atoms with E-state index in [-0.39, 0.29) is 17.1 Å². The Labute approximate surface area is 190 Å². The van der Waals surface area contributed by atoms with Crippen molar-refractivity contribution in [3.8, 4) is 17.2 Å². The molecule has 32 heavy (non-hydrogen) atoms.